The van der Waals surface area contributed by atoms with Gasteiger partial charge in [-0.3, -0.25) is 25.2 Å². The maximum atomic E-state index is 12.3. The lowest BCUT2D eigenvalue weighted by Crippen LogP contribution is -2.45. The third kappa shape index (κ3) is 3.78. The van der Waals surface area contributed by atoms with Gasteiger partial charge >= 0.3 is 0 Å². The topological polar surface area (TPSA) is 98.7 Å². The molecule has 26 heavy (non-hydrogen) atoms. The molecule has 2 aromatic rings. The van der Waals surface area contributed by atoms with Crippen LogP contribution in [0.1, 0.15) is 16.8 Å². The molecule has 0 spiro atoms. The summed E-state index contributed by atoms with van der Waals surface area (Å²) in [4.78, 5) is 38.0. The first-order chi connectivity index (χ1) is 12.5. The highest BCUT2D eigenvalue weighted by atomic mass is 35.5. The van der Waals surface area contributed by atoms with Gasteiger partial charge in [0.15, 0.2) is 0 Å². The van der Waals surface area contributed by atoms with E-state index in [9.17, 15) is 19.5 Å². The number of rotatable bonds is 3. The Morgan fingerprint density at radius 3 is 2.58 bits per heavy atom. The molecule has 0 saturated carbocycles. The number of phenols is 1. The number of anilines is 1. The van der Waals surface area contributed by atoms with Crippen LogP contribution >= 0.6 is 11.6 Å². The number of halogens is 1. The van der Waals surface area contributed by atoms with Crippen molar-refractivity contribution in [2.75, 3.05) is 11.4 Å². The number of carbonyl (C=O) groups is 3. The highest BCUT2D eigenvalue weighted by Gasteiger charge is 2.35. The molecule has 1 saturated heterocycles. The van der Waals surface area contributed by atoms with E-state index < -0.39 is 17.7 Å². The minimum absolute atomic E-state index is 0.0546. The molecule has 2 aromatic carbocycles. The zero-order valence-corrected chi connectivity index (χ0v) is 14.4. The zero-order valence-electron chi connectivity index (χ0n) is 13.6. The molecule has 8 heteroatoms. The van der Waals surface area contributed by atoms with Crippen LogP contribution in [-0.4, -0.2) is 29.4 Å². The van der Waals surface area contributed by atoms with E-state index in [2.05, 4.69) is 10.9 Å². The number of phenolic OH excluding ortho intramolecular Hbond substituents is 1. The van der Waals surface area contributed by atoms with E-state index in [1.807, 2.05) is 18.2 Å². The fraction of sp³-hybridized carbons (Fsp3) is 0.167. The fourth-order valence-corrected chi connectivity index (χ4v) is 2.89. The van der Waals surface area contributed by atoms with Gasteiger partial charge in [-0.15, -0.1) is 0 Å². The lowest BCUT2D eigenvalue weighted by Gasteiger charge is -2.16. The van der Waals surface area contributed by atoms with Crippen molar-refractivity contribution in [2.45, 2.75) is 6.42 Å². The molecule has 0 aromatic heterocycles. The normalized spacial score (nSPS) is 16.4. The summed E-state index contributed by atoms with van der Waals surface area (Å²) in [6.07, 6.45) is 0.0546. The molecule has 0 aliphatic carbocycles. The van der Waals surface area contributed by atoms with Gasteiger partial charge in [-0.1, -0.05) is 29.8 Å². The first-order valence-corrected chi connectivity index (χ1v) is 8.27. The summed E-state index contributed by atoms with van der Waals surface area (Å²) in [7, 11) is 0. The number of para-hydroxylation sites is 1. The SMILES string of the molecule is O=C(NNC(=O)C1CC(=O)N(c2ccccc2)C1)c1cc(Cl)ccc1O. The van der Waals surface area contributed by atoms with E-state index in [0.717, 1.165) is 5.69 Å². The van der Waals surface area contributed by atoms with Crippen LogP contribution in [0.25, 0.3) is 0 Å². The Bertz CT molecular complexity index is 857. The minimum Gasteiger partial charge on any atom is -0.507 e. The van der Waals surface area contributed by atoms with Gasteiger partial charge in [0.1, 0.15) is 5.75 Å². The van der Waals surface area contributed by atoms with E-state index in [1.165, 1.54) is 23.1 Å². The number of aromatic hydroxyl groups is 1. The van der Waals surface area contributed by atoms with Crippen LogP contribution in [0.2, 0.25) is 5.02 Å². The molecule has 1 fully saturated rings. The molecule has 0 radical (unpaired) electrons. The highest BCUT2D eigenvalue weighted by Crippen LogP contribution is 2.25. The zero-order chi connectivity index (χ0) is 18.7. The summed E-state index contributed by atoms with van der Waals surface area (Å²) >= 11 is 5.80. The molecule has 3 amide bonds. The number of hydrogen-bond acceptors (Lipinski definition) is 4. The van der Waals surface area contributed by atoms with Crippen LogP contribution in [0, 0.1) is 5.92 Å². The monoisotopic (exact) mass is 373 g/mol. The number of nitrogens with zero attached hydrogens (tertiary/aromatic N) is 1. The van der Waals surface area contributed by atoms with Crippen LogP contribution in [-0.2, 0) is 9.59 Å². The minimum atomic E-state index is -0.706. The summed E-state index contributed by atoms with van der Waals surface area (Å²) in [5.74, 6) is -2.19. The standard InChI is InChI=1S/C18H16ClN3O4/c19-12-6-7-15(23)14(9-12)18(26)21-20-17(25)11-8-16(24)22(10-11)13-4-2-1-3-5-13/h1-7,9,11,23H,8,10H2,(H,20,25)(H,21,26). The van der Waals surface area contributed by atoms with Crippen molar-refractivity contribution < 1.29 is 19.5 Å². The van der Waals surface area contributed by atoms with Crippen LogP contribution in [0.15, 0.2) is 48.5 Å². The predicted octanol–water partition coefficient (Wildman–Crippen LogP) is 1.86. The van der Waals surface area contributed by atoms with Crippen LogP contribution in [0.4, 0.5) is 5.69 Å². The van der Waals surface area contributed by atoms with Crippen molar-refractivity contribution in [3.05, 3.63) is 59.1 Å². The average molecular weight is 374 g/mol. The van der Waals surface area contributed by atoms with E-state index in [0.29, 0.717) is 0 Å². The second kappa shape index (κ2) is 7.45. The summed E-state index contributed by atoms with van der Waals surface area (Å²) < 4.78 is 0. The lowest BCUT2D eigenvalue weighted by molar-refractivity contribution is -0.126. The third-order valence-electron chi connectivity index (χ3n) is 4.07. The molecule has 7 nitrogen and oxygen atoms in total. The van der Waals surface area contributed by atoms with Gasteiger partial charge in [0.25, 0.3) is 5.91 Å². The van der Waals surface area contributed by atoms with Gasteiger partial charge in [-0.25, -0.2) is 0 Å². The van der Waals surface area contributed by atoms with E-state index >= 15 is 0 Å². The second-order valence-electron chi connectivity index (χ2n) is 5.85. The molecule has 1 atom stereocenters. The van der Waals surface area contributed by atoms with Gasteiger partial charge in [0.05, 0.1) is 11.5 Å². The van der Waals surface area contributed by atoms with Crippen molar-refractivity contribution in [2.24, 2.45) is 5.92 Å². The Morgan fingerprint density at radius 1 is 1.12 bits per heavy atom. The molecule has 3 N–H and O–H groups in total. The maximum Gasteiger partial charge on any atom is 0.273 e. The Balaban J connectivity index is 1.60. The molecule has 0 bridgehead atoms. The average Bonchev–Trinajstić information content (AvgIpc) is 3.04. The summed E-state index contributed by atoms with van der Waals surface area (Å²) in [5, 5.41) is 9.97. The Hall–Kier alpha value is -3.06. The van der Waals surface area contributed by atoms with E-state index in [1.54, 1.807) is 12.1 Å². The largest absolute Gasteiger partial charge is 0.507 e. The number of hydrazine groups is 1. The first kappa shape index (κ1) is 17.8. The van der Waals surface area contributed by atoms with E-state index in [-0.39, 0.29) is 35.2 Å². The first-order valence-electron chi connectivity index (χ1n) is 7.90. The number of nitrogens with one attached hydrogen (secondary N) is 2. The van der Waals surface area contributed by atoms with Crippen LogP contribution in [0.5, 0.6) is 5.75 Å². The number of amides is 3. The second-order valence-corrected chi connectivity index (χ2v) is 6.28. The molecule has 1 aliphatic rings. The van der Waals surface area contributed by atoms with Crippen molar-refractivity contribution in [1.29, 1.82) is 0 Å². The van der Waals surface area contributed by atoms with Gasteiger partial charge in [0.2, 0.25) is 11.8 Å². The van der Waals surface area contributed by atoms with Crippen molar-refractivity contribution in [3.63, 3.8) is 0 Å². The third-order valence-corrected chi connectivity index (χ3v) is 4.30. The summed E-state index contributed by atoms with van der Waals surface area (Å²) in [6, 6.07) is 13.1. The van der Waals surface area contributed by atoms with Crippen LogP contribution in [0.3, 0.4) is 0 Å². The lowest BCUT2D eigenvalue weighted by atomic mass is 10.1. The molecular formula is C18H16ClN3O4. The molecule has 1 aliphatic heterocycles. The van der Waals surface area contributed by atoms with Gasteiger partial charge < -0.3 is 10.0 Å². The molecule has 134 valence electrons. The number of benzene rings is 2. The van der Waals surface area contributed by atoms with Gasteiger partial charge in [-0.2, -0.15) is 0 Å². The molecule has 3 rings (SSSR count). The van der Waals surface area contributed by atoms with Gasteiger partial charge in [0, 0.05) is 23.7 Å². The summed E-state index contributed by atoms with van der Waals surface area (Å²) in [5.41, 5.74) is 5.18. The summed E-state index contributed by atoms with van der Waals surface area (Å²) in [6.45, 7) is 0.229. The molecule has 1 heterocycles. The smallest absolute Gasteiger partial charge is 0.273 e. The van der Waals surface area contributed by atoms with Crippen molar-refractivity contribution in [1.82, 2.24) is 10.9 Å². The predicted molar refractivity (Wildman–Crippen MR) is 95.6 cm³/mol. The van der Waals surface area contributed by atoms with Crippen molar-refractivity contribution >= 4 is 35.0 Å². The van der Waals surface area contributed by atoms with E-state index in [4.69, 9.17) is 11.6 Å². The Labute approximate surface area is 154 Å². The fourth-order valence-electron chi connectivity index (χ4n) is 2.72. The molecule has 1 unspecified atom stereocenters. The highest BCUT2D eigenvalue weighted by molar-refractivity contribution is 6.31. The van der Waals surface area contributed by atoms with Crippen molar-refractivity contribution in [3.8, 4) is 5.75 Å². The number of hydrogen-bond donors (Lipinski definition) is 3. The quantitative estimate of drug-likeness (QED) is 0.715. The van der Waals surface area contributed by atoms with Crippen LogP contribution < -0.4 is 15.8 Å². The Morgan fingerprint density at radius 2 is 1.85 bits per heavy atom. The Kier molecular flexibility index (Phi) is 5.09. The molecular weight excluding hydrogens is 358 g/mol. The number of carbonyl (C=O) groups excluding carboxylic acids is 3. The maximum absolute atomic E-state index is 12.3. The van der Waals surface area contributed by atoms with Gasteiger partial charge in [-0.05, 0) is 30.3 Å².